The Balaban J connectivity index is 1.57. The molecular weight excluding hydrogens is 530 g/mol. The molecule has 0 saturated heterocycles. The lowest BCUT2D eigenvalue weighted by Gasteiger charge is -2.71. The second-order valence-corrected chi connectivity index (χ2v) is 16.2. The number of hydrogen-bond acceptors (Lipinski definition) is 6. The average molecular weight is 584 g/mol. The highest BCUT2D eigenvalue weighted by molar-refractivity contribution is 6.01. The molecule has 5 aliphatic rings. The van der Waals surface area contributed by atoms with E-state index in [9.17, 15) is 19.5 Å². The number of aliphatic hydroxyl groups is 1. The molecule has 3 fully saturated rings. The van der Waals surface area contributed by atoms with Crippen LogP contribution in [0.4, 0.5) is 0 Å². The molecule has 3 saturated carbocycles. The van der Waals surface area contributed by atoms with Crippen LogP contribution in [0.3, 0.4) is 0 Å². The van der Waals surface area contributed by atoms with Crippen molar-refractivity contribution in [3.63, 3.8) is 0 Å². The Morgan fingerprint density at radius 2 is 1.55 bits per heavy atom. The molecule has 0 radical (unpaired) electrons. The lowest BCUT2D eigenvalue weighted by Crippen LogP contribution is -2.74. The van der Waals surface area contributed by atoms with Crippen molar-refractivity contribution in [1.29, 1.82) is 0 Å². The molecule has 0 aromatic carbocycles. The fourth-order valence-corrected chi connectivity index (χ4v) is 10.6. The summed E-state index contributed by atoms with van der Waals surface area (Å²) in [6.45, 7) is 15.6. The lowest BCUT2D eigenvalue weighted by atomic mass is 9.33. The van der Waals surface area contributed by atoms with Gasteiger partial charge in [-0.3, -0.25) is 14.4 Å². The molecule has 1 amide bonds. The van der Waals surface area contributed by atoms with Crippen LogP contribution in [0.2, 0.25) is 0 Å². The summed E-state index contributed by atoms with van der Waals surface area (Å²) >= 11 is 0. The van der Waals surface area contributed by atoms with Crippen LogP contribution in [0, 0.1) is 44.3 Å². The molecule has 7 heteroatoms. The molecule has 8 unspecified atom stereocenters. The first-order valence-electron chi connectivity index (χ1n) is 15.9. The Hall–Kier alpha value is -1.83. The third kappa shape index (κ3) is 3.98. The van der Waals surface area contributed by atoms with E-state index in [0.29, 0.717) is 26.1 Å². The third-order valence-corrected chi connectivity index (χ3v) is 13.7. The predicted octanol–water partition coefficient (Wildman–Crippen LogP) is 5.20. The van der Waals surface area contributed by atoms with Crippen molar-refractivity contribution < 1.29 is 29.0 Å². The summed E-state index contributed by atoms with van der Waals surface area (Å²) in [5.41, 5.74) is -3.59. The number of allylic oxidation sites excluding steroid dienone is 3. The maximum Gasteiger partial charge on any atom is 0.226 e. The fourth-order valence-electron chi connectivity index (χ4n) is 10.6. The van der Waals surface area contributed by atoms with Crippen LogP contribution in [0.1, 0.15) is 93.4 Å². The summed E-state index contributed by atoms with van der Waals surface area (Å²) in [6, 6.07) is -0.270. The molecule has 234 valence electrons. The molecule has 7 nitrogen and oxygen atoms in total. The van der Waals surface area contributed by atoms with Gasteiger partial charge in [0.1, 0.15) is 5.60 Å². The number of nitrogens with one attached hydrogen (secondary N) is 1. The topological polar surface area (TPSA) is 102 Å². The number of carbonyl (C=O) groups is 3. The first-order chi connectivity index (χ1) is 19.4. The van der Waals surface area contributed by atoms with Gasteiger partial charge in [0, 0.05) is 41.8 Å². The predicted molar refractivity (Wildman–Crippen MR) is 161 cm³/mol. The summed E-state index contributed by atoms with van der Waals surface area (Å²) < 4.78 is 10.6. The van der Waals surface area contributed by atoms with Crippen LogP contribution in [0.5, 0.6) is 0 Å². The number of carbonyl (C=O) groups excluding carboxylic acids is 3. The molecule has 0 heterocycles. The Kier molecular flexibility index (Phi) is 7.40. The number of fused-ring (bicyclic) bond motifs is 7. The van der Waals surface area contributed by atoms with Gasteiger partial charge in [-0.05, 0) is 79.4 Å². The number of hydrogen-bond donors (Lipinski definition) is 2. The van der Waals surface area contributed by atoms with Crippen molar-refractivity contribution >= 4 is 17.5 Å². The van der Waals surface area contributed by atoms with Crippen LogP contribution >= 0.6 is 0 Å². The number of ketones is 2. The zero-order valence-electron chi connectivity index (χ0n) is 27.3. The van der Waals surface area contributed by atoms with Gasteiger partial charge in [0.15, 0.2) is 11.6 Å². The van der Waals surface area contributed by atoms with E-state index in [1.54, 1.807) is 26.4 Å². The van der Waals surface area contributed by atoms with E-state index in [0.717, 1.165) is 37.7 Å². The minimum atomic E-state index is -1.59. The highest BCUT2D eigenvalue weighted by atomic mass is 16.5. The molecule has 8 atom stereocenters. The van der Waals surface area contributed by atoms with Crippen LogP contribution in [0.15, 0.2) is 23.8 Å². The molecule has 0 aliphatic heterocycles. The quantitative estimate of drug-likeness (QED) is 0.446. The van der Waals surface area contributed by atoms with Gasteiger partial charge in [-0.1, -0.05) is 54.5 Å². The minimum Gasteiger partial charge on any atom is -0.382 e. The van der Waals surface area contributed by atoms with Crippen molar-refractivity contribution in [2.75, 3.05) is 27.4 Å². The van der Waals surface area contributed by atoms with Crippen LogP contribution < -0.4 is 5.32 Å². The van der Waals surface area contributed by atoms with Gasteiger partial charge in [-0.2, -0.15) is 0 Å². The van der Waals surface area contributed by atoms with Gasteiger partial charge in [0.2, 0.25) is 5.91 Å². The third-order valence-electron chi connectivity index (χ3n) is 13.7. The van der Waals surface area contributed by atoms with Crippen molar-refractivity contribution in [3.8, 4) is 0 Å². The molecular formula is C35H53NO6. The Morgan fingerprint density at radius 3 is 2.17 bits per heavy atom. The van der Waals surface area contributed by atoms with Crippen LogP contribution in [-0.2, 0) is 23.9 Å². The van der Waals surface area contributed by atoms with Gasteiger partial charge in [-0.15, -0.1) is 0 Å². The SMILES string of the molecule is COCC(COC)NC(=O)C1(C)CCC2(C)CCC3(C)C4(C)CCC5C(C)(C)C(=O)C=CC5(C)C4=CC(=O)C3(O)C2C1. The van der Waals surface area contributed by atoms with E-state index in [2.05, 4.69) is 33.0 Å². The molecule has 0 aromatic heterocycles. The normalized spacial score (nSPS) is 45.8. The minimum absolute atomic E-state index is 0.0718. The molecule has 2 N–H and O–H groups in total. The van der Waals surface area contributed by atoms with Gasteiger partial charge in [-0.25, -0.2) is 0 Å². The summed E-state index contributed by atoms with van der Waals surface area (Å²) in [4.78, 5) is 41.3. The van der Waals surface area contributed by atoms with Gasteiger partial charge in [0.05, 0.1) is 19.3 Å². The number of methoxy groups -OCH3 is 2. The molecule has 5 rings (SSSR count). The molecule has 42 heavy (non-hydrogen) atoms. The second-order valence-electron chi connectivity index (χ2n) is 16.2. The Labute approximate surface area is 252 Å². The summed E-state index contributed by atoms with van der Waals surface area (Å²) in [5.74, 6) is -0.418. The van der Waals surface area contributed by atoms with Crippen molar-refractivity contribution in [3.05, 3.63) is 23.8 Å². The van der Waals surface area contributed by atoms with E-state index in [-0.39, 0.29) is 40.8 Å². The van der Waals surface area contributed by atoms with Crippen molar-refractivity contribution in [1.82, 2.24) is 5.32 Å². The van der Waals surface area contributed by atoms with Gasteiger partial charge >= 0.3 is 0 Å². The highest BCUT2D eigenvalue weighted by Gasteiger charge is 2.75. The second kappa shape index (κ2) is 9.84. The average Bonchev–Trinajstić information content (AvgIpc) is 2.91. The van der Waals surface area contributed by atoms with Crippen LogP contribution in [0.25, 0.3) is 0 Å². The Morgan fingerprint density at radius 1 is 0.929 bits per heavy atom. The summed E-state index contributed by atoms with van der Waals surface area (Å²) in [7, 11) is 3.21. The number of ether oxygens (including phenoxy) is 2. The van der Waals surface area contributed by atoms with E-state index in [1.165, 1.54) is 0 Å². The van der Waals surface area contributed by atoms with Gasteiger partial charge in [0.25, 0.3) is 0 Å². The van der Waals surface area contributed by atoms with E-state index in [4.69, 9.17) is 9.47 Å². The number of rotatable bonds is 6. The smallest absolute Gasteiger partial charge is 0.226 e. The van der Waals surface area contributed by atoms with Crippen molar-refractivity contribution in [2.45, 2.75) is 105 Å². The first-order valence-corrected chi connectivity index (χ1v) is 15.9. The molecule has 5 aliphatic carbocycles. The maximum absolute atomic E-state index is 14.6. The van der Waals surface area contributed by atoms with Crippen molar-refractivity contribution in [2.24, 2.45) is 44.3 Å². The van der Waals surface area contributed by atoms with E-state index >= 15 is 0 Å². The monoisotopic (exact) mass is 583 g/mol. The largest absolute Gasteiger partial charge is 0.382 e. The Bertz CT molecular complexity index is 1230. The van der Waals surface area contributed by atoms with E-state index < -0.39 is 32.7 Å². The molecule has 0 aromatic rings. The summed E-state index contributed by atoms with van der Waals surface area (Å²) in [5, 5.41) is 16.2. The zero-order chi connectivity index (χ0) is 31.1. The lowest BCUT2D eigenvalue weighted by molar-refractivity contribution is -0.242. The molecule has 0 bridgehead atoms. The van der Waals surface area contributed by atoms with Crippen LogP contribution in [-0.4, -0.2) is 61.7 Å². The number of amides is 1. The summed E-state index contributed by atoms with van der Waals surface area (Å²) in [6.07, 6.45) is 10.8. The highest BCUT2D eigenvalue weighted by Crippen LogP contribution is 2.75. The van der Waals surface area contributed by atoms with Gasteiger partial charge < -0.3 is 19.9 Å². The zero-order valence-corrected chi connectivity index (χ0v) is 27.3. The standard InChI is InChI=1S/C35H53NO6/c1-29(2)23-10-13-33(6)24(32(23,5)12-11-26(29)37)18-27(38)35(40)25-19-31(4,28(39)36-22(20-41-8)21-42-9)15-14-30(25,3)16-17-34(33,35)7/h11-12,18,22-23,25,40H,10,13-17,19-21H2,1-9H3,(H,36,39). The fraction of sp³-hybridized carbons (Fsp3) is 0.800. The first kappa shape index (κ1) is 31.6. The van der Waals surface area contributed by atoms with E-state index in [1.807, 2.05) is 26.8 Å². The molecule has 0 spiro atoms. The maximum atomic E-state index is 14.6.